The fourth-order valence-corrected chi connectivity index (χ4v) is 4.77. The number of hydrogen-bond acceptors (Lipinski definition) is 6. The number of carbonyl (C=O) groups is 3. The van der Waals surface area contributed by atoms with Crippen LogP contribution in [-0.4, -0.2) is 38.7 Å². The Morgan fingerprint density at radius 2 is 1.71 bits per heavy atom. The summed E-state index contributed by atoms with van der Waals surface area (Å²) in [5.74, 6) is -1.70. The number of carbonyl (C=O) groups excluding carboxylic acids is 3. The first-order valence-corrected chi connectivity index (χ1v) is 11.4. The van der Waals surface area contributed by atoms with Crippen molar-refractivity contribution in [3.8, 4) is 0 Å². The Labute approximate surface area is 188 Å². The molecule has 0 saturated heterocycles. The largest absolute Gasteiger partial charge is 0.454 e. The van der Waals surface area contributed by atoms with Crippen molar-refractivity contribution in [1.82, 2.24) is 4.72 Å². The van der Waals surface area contributed by atoms with E-state index in [4.69, 9.17) is 27.9 Å². The van der Waals surface area contributed by atoms with Crippen molar-refractivity contribution in [2.45, 2.75) is 30.7 Å². The predicted octanol–water partition coefficient (Wildman–Crippen LogP) is 3.43. The zero-order chi connectivity index (χ0) is 22.8. The molecule has 1 aliphatic carbocycles. The molecule has 2 aromatic rings. The lowest BCUT2D eigenvalue weighted by atomic mass is 10.1. The molecule has 8 nitrogen and oxygen atoms in total. The minimum atomic E-state index is -3.93. The van der Waals surface area contributed by atoms with E-state index in [9.17, 15) is 22.8 Å². The van der Waals surface area contributed by atoms with Gasteiger partial charge in [-0.3, -0.25) is 9.59 Å². The number of sulfonamides is 1. The lowest BCUT2D eigenvalue weighted by Crippen LogP contribution is -2.26. The second-order valence-corrected chi connectivity index (χ2v) is 9.41. The Balaban J connectivity index is 1.70. The quantitative estimate of drug-likeness (QED) is 0.437. The van der Waals surface area contributed by atoms with Crippen LogP contribution in [0.15, 0.2) is 41.3 Å². The van der Waals surface area contributed by atoms with E-state index in [-0.39, 0.29) is 38.0 Å². The van der Waals surface area contributed by atoms with Gasteiger partial charge in [-0.1, -0.05) is 23.2 Å². The minimum Gasteiger partial charge on any atom is -0.454 e. The summed E-state index contributed by atoms with van der Waals surface area (Å²) in [4.78, 5) is 35.5. The summed E-state index contributed by atoms with van der Waals surface area (Å²) < 4.78 is 32.4. The molecule has 0 aliphatic heterocycles. The number of ether oxygens (including phenoxy) is 1. The van der Waals surface area contributed by atoms with Crippen molar-refractivity contribution in [2.24, 2.45) is 0 Å². The number of halogens is 2. The van der Waals surface area contributed by atoms with Crippen molar-refractivity contribution >= 4 is 56.6 Å². The standard InChI is InChI=1S/C20H18Cl2N2O6S/c1-11(25)23-13-4-2-12(3-5-13)18(26)10-30-20(27)15-8-19(17(22)9-16(15)21)31(28,29)24-14-6-7-14/h2-5,8-9,14,24H,6-7,10H2,1H3,(H,23,25). The number of hydrogen-bond donors (Lipinski definition) is 2. The van der Waals surface area contributed by atoms with Gasteiger partial charge >= 0.3 is 5.97 Å². The van der Waals surface area contributed by atoms with Gasteiger partial charge in [0.1, 0.15) is 4.90 Å². The number of rotatable bonds is 8. The van der Waals surface area contributed by atoms with Gasteiger partial charge in [0.15, 0.2) is 12.4 Å². The van der Waals surface area contributed by atoms with Gasteiger partial charge in [0.2, 0.25) is 15.9 Å². The van der Waals surface area contributed by atoms with Gasteiger partial charge in [-0.2, -0.15) is 0 Å². The van der Waals surface area contributed by atoms with E-state index in [0.717, 1.165) is 25.0 Å². The molecule has 0 atom stereocenters. The molecule has 31 heavy (non-hydrogen) atoms. The van der Waals surface area contributed by atoms with Crippen molar-refractivity contribution in [1.29, 1.82) is 0 Å². The Morgan fingerprint density at radius 1 is 1.06 bits per heavy atom. The molecule has 1 aliphatic rings. The van der Waals surface area contributed by atoms with E-state index in [0.29, 0.717) is 5.69 Å². The molecule has 2 aromatic carbocycles. The van der Waals surface area contributed by atoms with E-state index in [2.05, 4.69) is 10.0 Å². The topological polar surface area (TPSA) is 119 Å². The van der Waals surface area contributed by atoms with E-state index < -0.39 is 28.4 Å². The molecule has 0 spiro atoms. The molecule has 0 heterocycles. The number of esters is 1. The molecule has 1 saturated carbocycles. The summed E-state index contributed by atoms with van der Waals surface area (Å²) in [6.07, 6.45) is 1.46. The molecule has 164 valence electrons. The fraction of sp³-hybridized carbons (Fsp3) is 0.250. The maximum absolute atomic E-state index is 12.5. The van der Waals surface area contributed by atoms with Gasteiger partial charge in [-0.25, -0.2) is 17.9 Å². The molecule has 3 rings (SSSR count). The van der Waals surface area contributed by atoms with Crippen LogP contribution in [0, 0.1) is 0 Å². The molecule has 1 amide bonds. The van der Waals surface area contributed by atoms with Crippen LogP contribution < -0.4 is 10.0 Å². The SMILES string of the molecule is CC(=O)Nc1ccc(C(=O)COC(=O)c2cc(S(=O)(=O)NC3CC3)c(Cl)cc2Cl)cc1. The summed E-state index contributed by atoms with van der Waals surface area (Å²) in [7, 11) is -3.93. The van der Waals surface area contributed by atoms with Gasteiger partial charge in [-0.05, 0) is 49.2 Å². The number of ketones is 1. The van der Waals surface area contributed by atoms with Crippen LogP contribution in [-0.2, 0) is 19.6 Å². The van der Waals surface area contributed by atoms with E-state index in [1.165, 1.54) is 31.2 Å². The average Bonchev–Trinajstić information content (AvgIpc) is 3.49. The van der Waals surface area contributed by atoms with Crippen LogP contribution in [0.3, 0.4) is 0 Å². The number of amides is 1. The maximum Gasteiger partial charge on any atom is 0.340 e. The number of Topliss-reactive ketones (excluding diaryl/α,β-unsaturated/α-hetero) is 1. The molecular weight excluding hydrogens is 467 g/mol. The maximum atomic E-state index is 12.5. The smallest absolute Gasteiger partial charge is 0.340 e. The van der Waals surface area contributed by atoms with Gasteiger partial charge in [-0.15, -0.1) is 0 Å². The Morgan fingerprint density at radius 3 is 2.29 bits per heavy atom. The lowest BCUT2D eigenvalue weighted by molar-refractivity contribution is -0.114. The molecular formula is C20H18Cl2N2O6S. The highest BCUT2D eigenvalue weighted by Gasteiger charge is 2.30. The van der Waals surface area contributed by atoms with E-state index in [1.54, 1.807) is 0 Å². The molecule has 0 radical (unpaired) electrons. The van der Waals surface area contributed by atoms with Crippen molar-refractivity contribution in [2.75, 3.05) is 11.9 Å². The number of nitrogens with one attached hydrogen (secondary N) is 2. The zero-order valence-electron chi connectivity index (χ0n) is 16.3. The van der Waals surface area contributed by atoms with Crippen LogP contribution in [0.1, 0.15) is 40.5 Å². The summed E-state index contributed by atoms with van der Waals surface area (Å²) in [5.41, 5.74) is 0.555. The first-order chi connectivity index (χ1) is 14.6. The number of anilines is 1. The summed E-state index contributed by atoms with van der Waals surface area (Å²) >= 11 is 12.0. The predicted molar refractivity (Wildman–Crippen MR) is 115 cm³/mol. The minimum absolute atomic E-state index is 0.104. The second kappa shape index (κ2) is 9.35. The van der Waals surface area contributed by atoms with Crippen LogP contribution in [0.25, 0.3) is 0 Å². The highest BCUT2D eigenvalue weighted by Crippen LogP contribution is 2.31. The summed E-state index contributed by atoms with van der Waals surface area (Å²) in [6.45, 7) is 0.777. The van der Waals surface area contributed by atoms with Gasteiger partial charge < -0.3 is 10.1 Å². The Bertz CT molecular complexity index is 1150. The first kappa shape index (κ1) is 23.2. The molecule has 11 heteroatoms. The van der Waals surface area contributed by atoms with Crippen LogP contribution in [0.5, 0.6) is 0 Å². The fourth-order valence-electron chi connectivity index (χ4n) is 2.61. The third-order valence-corrected chi connectivity index (χ3v) is 6.59. The highest BCUT2D eigenvalue weighted by molar-refractivity contribution is 7.89. The summed E-state index contributed by atoms with van der Waals surface area (Å²) in [6, 6.07) is 8.05. The van der Waals surface area contributed by atoms with Crippen LogP contribution in [0.2, 0.25) is 10.0 Å². The monoisotopic (exact) mass is 484 g/mol. The third kappa shape index (κ3) is 6.04. The van der Waals surface area contributed by atoms with Crippen molar-refractivity contribution in [3.05, 3.63) is 57.6 Å². The van der Waals surface area contributed by atoms with Gasteiger partial charge in [0, 0.05) is 24.2 Å². The van der Waals surface area contributed by atoms with Crippen LogP contribution in [0.4, 0.5) is 5.69 Å². The Hall–Kier alpha value is -2.46. The second-order valence-electron chi connectivity index (χ2n) is 6.92. The van der Waals surface area contributed by atoms with Crippen molar-refractivity contribution < 1.29 is 27.5 Å². The van der Waals surface area contributed by atoms with E-state index in [1.807, 2.05) is 0 Å². The Kier molecular flexibility index (Phi) is 7.00. The number of benzene rings is 2. The molecule has 0 bridgehead atoms. The zero-order valence-corrected chi connectivity index (χ0v) is 18.6. The van der Waals surface area contributed by atoms with Gasteiger partial charge in [0.25, 0.3) is 0 Å². The molecule has 0 unspecified atom stereocenters. The third-order valence-electron chi connectivity index (χ3n) is 4.29. The van der Waals surface area contributed by atoms with E-state index >= 15 is 0 Å². The molecule has 2 N–H and O–H groups in total. The summed E-state index contributed by atoms with van der Waals surface area (Å²) in [5, 5.41) is 2.33. The first-order valence-electron chi connectivity index (χ1n) is 9.16. The highest BCUT2D eigenvalue weighted by atomic mass is 35.5. The van der Waals surface area contributed by atoms with Gasteiger partial charge in [0.05, 0.1) is 15.6 Å². The van der Waals surface area contributed by atoms with Crippen molar-refractivity contribution in [3.63, 3.8) is 0 Å². The normalized spacial score (nSPS) is 13.5. The lowest BCUT2D eigenvalue weighted by Gasteiger charge is -2.11. The molecule has 0 aromatic heterocycles. The van der Waals surface area contributed by atoms with Crippen LogP contribution >= 0.6 is 23.2 Å². The molecule has 1 fully saturated rings. The average molecular weight is 485 g/mol.